The summed E-state index contributed by atoms with van der Waals surface area (Å²) in [5.41, 5.74) is 2.51. The summed E-state index contributed by atoms with van der Waals surface area (Å²) in [5.74, 6) is 0.238. The molecule has 8 heteroatoms. The summed E-state index contributed by atoms with van der Waals surface area (Å²) in [4.78, 5) is 14.9. The van der Waals surface area contributed by atoms with Crippen molar-refractivity contribution in [2.24, 2.45) is 0 Å². The van der Waals surface area contributed by atoms with E-state index in [9.17, 15) is 15.0 Å². The molecule has 3 aromatic rings. The maximum absolute atomic E-state index is 12.5. The number of aromatic nitrogens is 3. The zero-order valence-electron chi connectivity index (χ0n) is 17.2. The molecule has 0 aliphatic carbocycles. The number of benzene rings is 2. The van der Waals surface area contributed by atoms with Gasteiger partial charge in [0.15, 0.2) is 5.82 Å². The standard InChI is InChI=1S/C22H27N5O3/c1-14(2)17-11-18(20(29)12-19(17)28)21-24-25-22(30)27(21)16-5-3-15(4-6-16)13-26-9-7-23-8-10-26/h3-6,11-12,14,23,28-29H,7-10,13H2,1-2H3,(H,25,30). The molecule has 2 aromatic carbocycles. The number of piperazine rings is 1. The number of rotatable bonds is 5. The van der Waals surface area contributed by atoms with E-state index in [0.29, 0.717) is 22.6 Å². The van der Waals surface area contributed by atoms with Gasteiger partial charge in [-0.3, -0.25) is 4.90 Å². The predicted molar refractivity (Wildman–Crippen MR) is 115 cm³/mol. The third-order valence-corrected chi connectivity index (χ3v) is 5.49. The van der Waals surface area contributed by atoms with Crippen LogP contribution in [0.4, 0.5) is 0 Å². The highest BCUT2D eigenvalue weighted by Crippen LogP contribution is 2.37. The fraction of sp³-hybridized carbons (Fsp3) is 0.364. The molecule has 1 saturated heterocycles. The van der Waals surface area contributed by atoms with E-state index >= 15 is 0 Å². The van der Waals surface area contributed by atoms with Gasteiger partial charge >= 0.3 is 5.69 Å². The Bertz CT molecular complexity index is 1080. The molecule has 4 rings (SSSR count). The summed E-state index contributed by atoms with van der Waals surface area (Å²) < 4.78 is 1.44. The Kier molecular flexibility index (Phi) is 5.61. The van der Waals surface area contributed by atoms with Crippen LogP contribution in [0, 0.1) is 0 Å². The number of phenols is 2. The largest absolute Gasteiger partial charge is 0.508 e. The van der Waals surface area contributed by atoms with Gasteiger partial charge in [0, 0.05) is 38.8 Å². The van der Waals surface area contributed by atoms with Crippen LogP contribution in [-0.4, -0.2) is 56.1 Å². The van der Waals surface area contributed by atoms with Gasteiger partial charge in [-0.05, 0) is 35.2 Å². The number of aromatic amines is 1. The van der Waals surface area contributed by atoms with Crippen LogP contribution < -0.4 is 11.0 Å². The van der Waals surface area contributed by atoms with Crippen molar-refractivity contribution in [3.63, 3.8) is 0 Å². The Morgan fingerprint density at radius 1 is 1.07 bits per heavy atom. The first-order valence-corrected chi connectivity index (χ1v) is 10.2. The molecule has 2 heterocycles. The van der Waals surface area contributed by atoms with Gasteiger partial charge in [0.05, 0.1) is 11.3 Å². The van der Waals surface area contributed by atoms with Crippen LogP contribution in [0.5, 0.6) is 11.5 Å². The van der Waals surface area contributed by atoms with E-state index in [4.69, 9.17) is 0 Å². The summed E-state index contributed by atoms with van der Waals surface area (Å²) in [6.45, 7) is 8.80. The Balaban J connectivity index is 1.68. The minimum Gasteiger partial charge on any atom is -0.508 e. The maximum atomic E-state index is 12.5. The molecule has 30 heavy (non-hydrogen) atoms. The number of H-pyrrole nitrogens is 1. The van der Waals surface area contributed by atoms with Gasteiger partial charge in [0.25, 0.3) is 0 Å². The highest BCUT2D eigenvalue weighted by atomic mass is 16.3. The first kappa shape index (κ1) is 20.2. The predicted octanol–water partition coefficient (Wildman–Crippen LogP) is 2.17. The van der Waals surface area contributed by atoms with Crippen LogP contribution in [0.15, 0.2) is 41.2 Å². The molecular weight excluding hydrogens is 382 g/mol. The highest BCUT2D eigenvalue weighted by Gasteiger charge is 2.19. The fourth-order valence-corrected chi connectivity index (χ4v) is 3.83. The SMILES string of the molecule is CC(C)c1cc(-c2n[nH]c(=O)n2-c2ccc(CN3CCNCC3)cc2)c(O)cc1O. The highest BCUT2D eigenvalue weighted by molar-refractivity contribution is 5.69. The monoisotopic (exact) mass is 409 g/mol. The van der Waals surface area contributed by atoms with Gasteiger partial charge in [-0.15, -0.1) is 0 Å². The lowest BCUT2D eigenvalue weighted by Gasteiger charge is -2.27. The molecule has 0 amide bonds. The lowest BCUT2D eigenvalue weighted by molar-refractivity contribution is 0.233. The van der Waals surface area contributed by atoms with E-state index in [1.54, 1.807) is 6.07 Å². The van der Waals surface area contributed by atoms with Crippen molar-refractivity contribution in [1.29, 1.82) is 0 Å². The number of nitrogens with zero attached hydrogens (tertiary/aromatic N) is 3. The van der Waals surface area contributed by atoms with Crippen molar-refractivity contribution < 1.29 is 10.2 Å². The Morgan fingerprint density at radius 2 is 1.77 bits per heavy atom. The molecule has 0 atom stereocenters. The van der Waals surface area contributed by atoms with Crippen molar-refractivity contribution in [3.8, 4) is 28.6 Å². The summed E-state index contributed by atoms with van der Waals surface area (Å²) in [5, 5.41) is 30.5. The van der Waals surface area contributed by atoms with Gasteiger partial charge in [-0.2, -0.15) is 5.10 Å². The molecule has 0 saturated carbocycles. The molecule has 1 aliphatic heterocycles. The summed E-state index contributed by atoms with van der Waals surface area (Å²) in [7, 11) is 0. The van der Waals surface area contributed by atoms with E-state index < -0.39 is 5.69 Å². The molecule has 8 nitrogen and oxygen atoms in total. The fourth-order valence-electron chi connectivity index (χ4n) is 3.83. The van der Waals surface area contributed by atoms with E-state index in [2.05, 4.69) is 20.4 Å². The molecule has 0 spiro atoms. The van der Waals surface area contributed by atoms with Gasteiger partial charge in [0.2, 0.25) is 0 Å². The Morgan fingerprint density at radius 3 is 2.43 bits per heavy atom. The van der Waals surface area contributed by atoms with E-state index in [1.165, 1.54) is 16.2 Å². The van der Waals surface area contributed by atoms with Crippen molar-refractivity contribution in [2.45, 2.75) is 26.3 Å². The average Bonchev–Trinajstić information content (AvgIpc) is 3.10. The van der Waals surface area contributed by atoms with Crippen molar-refractivity contribution in [3.05, 3.63) is 58.0 Å². The summed E-state index contributed by atoms with van der Waals surface area (Å²) in [6, 6.07) is 10.8. The van der Waals surface area contributed by atoms with Crippen molar-refractivity contribution >= 4 is 0 Å². The second kappa shape index (κ2) is 8.33. The normalized spacial score (nSPS) is 15.0. The van der Waals surface area contributed by atoms with Crippen LogP contribution in [0.3, 0.4) is 0 Å². The van der Waals surface area contributed by atoms with Gasteiger partial charge < -0.3 is 15.5 Å². The van der Waals surface area contributed by atoms with Gasteiger partial charge in [-0.1, -0.05) is 26.0 Å². The van der Waals surface area contributed by atoms with Crippen LogP contribution in [-0.2, 0) is 6.54 Å². The minimum absolute atomic E-state index is 0.0212. The molecule has 1 aliphatic rings. The molecule has 0 bridgehead atoms. The zero-order valence-corrected chi connectivity index (χ0v) is 17.2. The Labute approximate surface area is 174 Å². The van der Waals surface area contributed by atoms with E-state index in [0.717, 1.165) is 32.7 Å². The van der Waals surface area contributed by atoms with Crippen molar-refractivity contribution in [1.82, 2.24) is 25.0 Å². The second-order valence-corrected chi connectivity index (χ2v) is 7.96. The summed E-state index contributed by atoms with van der Waals surface area (Å²) >= 11 is 0. The summed E-state index contributed by atoms with van der Waals surface area (Å²) in [6.07, 6.45) is 0. The van der Waals surface area contributed by atoms with Gasteiger partial charge in [0.1, 0.15) is 11.5 Å². The molecule has 1 aromatic heterocycles. The lowest BCUT2D eigenvalue weighted by atomic mass is 9.98. The topological polar surface area (TPSA) is 106 Å². The maximum Gasteiger partial charge on any atom is 0.348 e. The van der Waals surface area contributed by atoms with Crippen molar-refractivity contribution in [2.75, 3.05) is 26.2 Å². The van der Waals surface area contributed by atoms with E-state index in [-0.39, 0.29) is 17.4 Å². The molecule has 0 unspecified atom stereocenters. The third kappa shape index (κ3) is 3.96. The van der Waals surface area contributed by atoms with Crippen LogP contribution in [0.25, 0.3) is 17.1 Å². The number of nitrogens with one attached hydrogen (secondary N) is 2. The number of hydrogen-bond acceptors (Lipinski definition) is 6. The lowest BCUT2D eigenvalue weighted by Crippen LogP contribution is -2.42. The second-order valence-electron chi connectivity index (χ2n) is 7.96. The molecule has 0 radical (unpaired) electrons. The number of phenolic OH excluding ortho intramolecular Hbond substituents is 2. The third-order valence-electron chi connectivity index (χ3n) is 5.49. The average molecular weight is 409 g/mol. The van der Waals surface area contributed by atoms with Gasteiger partial charge in [-0.25, -0.2) is 14.5 Å². The number of hydrogen-bond donors (Lipinski definition) is 4. The minimum atomic E-state index is -0.390. The van der Waals surface area contributed by atoms with Crippen LogP contribution in [0.2, 0.25) is 0 Å². The first-order valence-electron chi connectivity index (χ1n) is 10.2. The molecular formula is C22H27N5O3. The number of aromatic hydroxyl groups is 2. The van der Waals surface area contributed by atoms with Crippen LogP contribution >= 0.6 is 0 Å². The molecule has 1 fully saturated rings. The molecule has 4 N–H and O–H groups in total. The zero-order chi connectivity index (χ0) is 21.3. The first-order chi connectivity index (χ1) is 14.4. The Hall–Kier alpha value is -3.10. The van der Waals surface area contributed by atoms with E-state index in [1.807, 2.05) is 38.1 Å². The molecule has 158 valence electrons. The van der Waals surface area contributed by atoms with Crippen LogP contribution in [0.1, 0.15) is 30.9 Å². The smallest absolute Gasteiger partial charge is 0.348 e. The quantitative estimate of drug-likeness (QED) is 0.515.